The first-order chi connectivity index (χ1) is 8.45. The molecule has 0 aromatic heterocycles. The lowest BCUT2D eigenvalue weighted by Gasteiger charge is -2.20. The van der Waals surface area contributed by atoms with E-state index in [1.165, 1.54) is 0 Å². The number of nitrogens with one attached hydrogen (secondary N) is 1. The molecule has 5 heteroatoms. The molecule has 4 N–H and O–H groups in total. The first kappa shape index (κ1) is 15.9. The van der Waals surface area contributed by atoms with Gasteiger partial charge in [0.05, 0.1) is 12.7 Å². The average molecular weight is 261 g/mol. The lowest BCUT2D eigenvalue weighted by Crippen LogP contribution is -2.40. The molecule has 1 saturated heterocycles. The van der Waals surface area contributed by atoms with Gasteiger partial charge in [-0.05, 0) is 25.7 Å². The molecule has 1 unspecified atom stereocenters. The fourth-order valence-corrected chi connectivity index (χ4v) is 2.15. The van der Waals surface area contributed by atoms with Crippen LogP contribution in [0.4, 0.5) is 0 Å². The minimum absolute atomic E-state index is 0.266. The van der Waals surface area contributed by atoms with Crippen LogP contribution in [-0.2, 0) is 4.74 Å². The van der Waals surface area contributed by atoms with Gasteiger partial charge >= 0.3 is 0 Å². The highest BCUT2D eigenvalue weighted by molar-refractivity contribution is 4.91. The molecule has 0 amide bonds. The summed E-state index contributed by atoms with van der Waals surface area (Å²) in [5, 5.41) is 31.6. The maximum Gasteiger partial charge on any atom is 0.111 e. The first-order valence-corrected chi connectivity index (χ1v) is 6.81. The van der Waals surface area contributed by atoms with Gasteiger partial charge < -0.3 is 25.4 Å². The average Bonchev–Trinajstić information content (AvgIpc) is 2.61. The third kappa shape index (κ3) is 4.48. The van der Waals surface area contributed by atoms with Crippen molar-refractivity contribution in [2.24, 2.45) is 5.92 Å². The maximum absolute atomic E-state index is 9.76. The van der Waals surface area contributed by atoms with Crippen molar-refractivity contribution in [3.63, 3.8) is 0 Å². The van der Waals surface area contributed by atoms with Gasteiger partial charge in [-0.15, -0.1) is 0 Å². The van der Waals surface area contributed by atoms with Crippen molar-refractivity contribution in [3.8, 4) is 0 Å². The minimum atomic E-state index is -0.993. The van der Waals surface area contributed by atoms with E-state index in [1.807, 2.05) is 0 Å². The molecular weight excluding hydrogens is 234 g/mol. The predicted molar refractivity (Wildman–Crippen MR) is 69.3 cm³/mol. The molecule has 1 fully saturated rings. The van der Waals surface area contributed by atoms with Gasteiger partial charge in [-0.1, -0.05) is 13.8 Å². The zero-order valence-corrected chi connectivity index (χ0v) is 11.5. The lowest BCUT2D eigenvalue weighted by molar-refractivity contribution is -0.0218. The van der Waals surface area contributed by atoms with Crippen molar-refractivity contribution < 1.29 is 20.1 Å². The van der Waals surface area contributed by atoms with Crippen molar-refractivity contribution in [2.75, 3.05) is 13.2 Å². The minimum Gasteiger partial charge on any atom is -0.394 e. The normalized spacial score (nSPS) is 34.2. The van der Waals surface area contributed by atoms with Crippen molar-refractivity contribution in [3.05, 3.63) is 0 Å². The Morgan fingerprint density at radius 3 is 2.17 bits per heavy atom. The van der Waals surface area contributed by atoms with Crippen LogP contribution in [0.3, 0.4) is 0 Å². The Morgan fingerprint density at radius 2 is 1.67 bits per heavy atom. The Kier molecular flexibility index (Phi) is 6.52. The number of ether oxygens (including phenoxy) is 1. The Hall–Kier alpha value is -0.200. The highest BCUT2D eigenvalue weighted by Crippen LogP contribution is 2.20. The zero-order chi connectivity index (χ0) is 13.7. The number of hydrogen-bond donors (Lipinski definition) is 4. The van der Waals surface area contributed by atoms with E-state index in [0.29, 0.717) is 18.5 Å². The van der Waals surface area contributed by atoms with Gasteiger partial charge in [-0.2, -0.15) is 0 Å². The number of rotatable bonds is 7. The van der Waals surface area contributed by atoms with Gasteiger partial charge in [0.1, 0.15) is 18.3 Å². The van der Waals surface area contributed by atoms with Crippen molar-refractivity contribution >= 4 is 0 Å². The van der Waals surface area contributed by atoms with E-state index in [2.05, 4.69) is 26.1 Å². The summed E-state index contributed by atoms with van der Waals surface area (Å²) >= 11 is 0. The molecule has 108 valence electrons. The van der Waals surface area contributed by atoms with E-state index in [0.717, 1.165) is 12.8 Å². The molecule has 5 nitrogen and oxygen atoms in total. The Labute approximate surface area is 109 Å². The van der Waals surface area contributed by atoms with E-state index >= 15 is 0 Å². The predicted octanol–water partition coefficient (Wildman–Crippen LogP) is -0.118. The van der Waals surface area contributed by atoms with Crippen LogP contribution in [0.5, 0.6) is 0 Å². The monoisotopic (exact) mass is 261 g/mol. The van der Waals surface area contributed by atoms with E-state index < -0.39 is 24.4 Å². The van der Waals surface area contributed by atoms with Crippen LogP contribution in [0.25, 0.3) is 0 Å². The fraction of sp³-hybridized carbons (Fsp3) is 1.00. The SMILES string of the molecule is CC(C)CCC(C)NC[C@H]1O[C@H](CO)[C@@H](O)[C@@H]1O. The Balaban J connectivity index is 2.27. The second kappa shape index (κ2) is 7.40. The molecule has 0 saturated carbocycles. The van der Waals surface area contributed by atoms with Gasteiger partial charge in [0, 0.05) is 12.6 Å². The summed E-state index contributed by atoms with van der Waals surface area (Å²) in [4.78, 5) is 0. The molecular formula is C13H27NO4. The lowest BCUT2D eigenvalue weighted by atomic mass is 10.0. The van der Waals surface area contributed by atoms with E-state index in [-0.39, 0.29) is 6.61 Å². The first-order valence-electron chi connectivity index (χ1n) is 6.81. The summed E-state index contributed by atoms with van der Waals surface area (Å²) in [6.07, 6.45) is -0.799. The molecule has 1 heterocycles. The van der Waals surface area contributed by atoms with Crippen molar-refractivity contribution in [2.45, 2.75) is 64.1 Å². The molecule has 0 aliphatic carbocycles. The quantitative estimate of drug-likeness (QED) is 0.514. The maximum atomic E-state index is 9.76. The number of aliphatic hydroxyl groups is 3. The van der Waals surface area contributed by atoms with Crippen LogP contribution < -0.4 is 5.32 Å². The summed E-state index contributed by atoms with van der Waals surface area (Å²) in [5.74, 6) is 0.683. The van der Waals surface area contributed by atoms with Gasteiger partial charge in [0.25, 0.3) is 0 Å². The summed E-state index contributed by atoms with van der Waals surface area (Å²) in [7, 11) is 0. The molecule has 1 aliphatic rings. The number of hydrogen-bond acceptors (Lipinski definition) is 5. The van der Waals surface area contributed by atoms with Crippen LogP contribution in [0.2, 0.25) is 0 Å². The van der Waals surface area contributed by atoms with Gasteiger partial charge in [0.15, 0.2) is 0 Å². The molecule has 0 aromatic rings. The van der Waals surface area contributed by atoms with Gasteiger partial charge in [0.2, 0.25) is 0 Å². The van der Waals surface area contributed by atoms with Gasteiger partial charge in [-0.3, -0.25) is 0 Å². The molecule has 1 aliphatic heterocycles. The topological polar surface area (TPSA) is 82.0 Å². The molecule has 0 bridgehead atoms. The molecule has 0 radical (unpaired) electrons. The van der Waals surface area contributed by atoms with E-state index in [9.17, 15) is 10.2 Å². The third-order valence-corrected chi connectivity index (χ3v) is 3.49. The summed E-state index contributed by atoms with van der Waals surface area (Å²) < 4.78 is 5.40. The molecule has 1 rings (SSSR count). The number of aliphatic hydroxyl groups excluding tert-OH is 3. The Morgan fingerprint density at radius 1 is 1.06 bits per heavy atom. The highest BCUT2D eigenvalue weighted by Gasteiger charge is 2.41. The smallest absolute Gasteiger partial charge is 0.111 e. The van der Waals surface area contributed by atoms with Crippen LogP contribution in [0, 0.1) is 5.92 Å². The largest absolute Gasteiger partial charge is 0.394 e. The van der Waals surface area contributed by atoms with E-state index in [1.54, 1.807) is 0 Å². The standard InChI is InChI=1S/C13H27NO4/c1-8(2)4-5-9(3)14-6-10-12(16)13(17)11(7-15)18-10/h8-17H,4-7H2,1-3H3/t9?,10-,11-,12-,13-/m1/s1. The zero-order valence-electron chi connectivity index (χ0n) is 11.5. The van der Waals surface area contributed by atoms with Crippen LogP contribution >= 0.6 is 0 Å². The molecule has 5 atom stereocenters. The Bertz CT molecular complexity index is 237. The second-order valence-corrected chi connectivity index (χ2v) is 5.66. The fourth-order valence-electron chi connectivity index (χ4n) is 2.15. The van der Waals surface area contributed by atoms with Crippen LogP contribution in [0.15, 0.2) is 0 Å². The molecule has 0 aromatic carbocycles. The van der Waals surface area contributed by atoms with Crippen molar-refractivity contribution in [1.82, 2.24) is 5.32 Å². The van der Waals surface area contributed by atoms with Gasteiger partial charge in [-0.25, -0.2) is 0 Å². The third-order valence-electron chi connectivity index (χ3n) is 3.49. The summed E-state index contributed by atoms with van der Waals surface area (Å²) in [5.41, 5.74) is 0. The van der Waals surface area contributed by atoms with E-state index in [4.69, 9.17) is 9.84 Å². The summed E-state index contributed by atoms with van der Waals surface area (Å²) in [6.45, 7) is 6.72. The highest BCUT2D eigenvalue weighted by atomic mass is 16.6. The molecule has 0 spiro atoms. The summed E-state index contributed by atoms with van der Waals surface area (Å²) in [6, 6.07) is 0.355. The van der Waals surface area contributed by atoms with Crippen molar-refractivity contribution in [1.29, 1.82) is 0 Å². The molecule has 18 heavy (non-hydrogen) atoms. The van der Waals surface area contributed by atoms with Crippen LogP contribution in [0.1, 0.15) is 33.6 Å². The second-order valence-electron chi connectivity index (χ2n) is 5.66. The van der Waals surface area contributed by atoms with Crippen LogP contribution in [-0.4, -0.2) is 58.9 Å².